The second-order valence-electron chi connectivity index (χ2n) is 4.72. The molecule has 0 heterocycles. The van der Waals surface area contributed by atoms with Crippen LogP contribution in [-0.2, 0) is 4.79 Å². The Hall–Kier alpha value is -1.56. The fourth-order valence-electron chi connectivity index (χ4n) is 1.70. The van der Waals surface area contributed by atoms with E-state index >= 15 is 0 Å². The van der Waals surface area contributed by atoms with E-state index in [0.717, 1.165) is 43.2 Å². The third kappa shape index (κ3) is 5.02. The van der Waals surface area contributed by atoms with Gasteiger partial charge in [-0.15, -0.1) is 0 Å². The summed E-state index contributed by atoms with van der Waals surface area (Å²) in [5, 5.41) is 2.78. The summed E-state index contributed by atoms with van der Waals surface area (Å²) in [7, 11) is 0. The van der Waals surface area contributed by atoms with Crippen LogP contribution in [0.1, 0.15) is 43.5 Å². The average molecular weight is 344 g/mol. The standard InChI is InChI=1S/C14H15ClFN3O2S/c1-3-4-5-8(2)14(21)22-12-6-9(13(20)18-19-17)11(16)7-10(12)15/h6-8H,3-5H2,1-2H3. The molecule has 1 aromatic carbocycles. The van der Waals surface area contributed by atoms with Crippen LogP contribution < -0.4 is 0 Å². The van der Waals surface area contributed by atoms with Crippen LogP contribution in [0.2, 0.25) is 5.02 Å². The Bertz CT molecular complexity index is 633. The first-order valence-electron chi connectivity index (χ1n) is 6.70. The molecule has 0 aromatic heterocycles. The number of halogens is 2. The molecule has 8 heteroatoms. The molecule has 0 radical (unpaired) electrons. The predicted molar refractivity (Wildman–Crippen MR) is 84.4 cm³/mol. The van der Waals surface area contributed by atoms with Gasteiger partial charge in [0.05, 0.1) is 10.6 Å². The van der Waals surface area contributed by atoms with Gasteiger partial charge in [-0.25, -0.2) is 4.39 Å². The van der Waals surface area contributed by atoms with E-state index < -0.39 is 17.3 Å². The topological polar surface area (TPSA) is 82.9 Å². The van der Waals surface area contributed by atoms with Gasteiger partial charge >= 0.3 is 0 Å². The monoisotopic (exact) mass is 343 g/mol. The van der Waals surface area contributed by atoms with Crippen molar-refractivity contribution in [2.75, 3.05) is 0 Å². The maximum absolute atomic E-state index is 13.7. The van der Waals surface area contributed by atoms with Gasteiger partial charge in [0.25, 0.3) is 5.91 Å². The molecule has 1 rings (SSSR count). The molecule has 0 saturated heterocycles. The summed E-state index contributed by atoms with van der Waals surface area (Å²) in [6, 6.07) is 2.08. The van der Waals surface area contributed by atoms with Gasteiger partial charge < -0.3 is 0 Å². The second kappa shape index (κ2) is 8.78. The molecule has 0 bridgehead atoms. The first-order valence-corrected chi connectivity index (χ1v) is 7.90. The number of rotatable bonds is 6. The lowest BCUT2D eigenvalue weighted by Gasteiger charge is -2.11. The zero-order chi connectivity index (χ0) is 16.7. The molecule has 0 aliphatic carbocycles. The molecule has 0 saturated carbocycles. The van der Waals surface area contributed by atoms with Crippen LogP contribution in [0.25, 0.3) is 10.4 Å². The molecule has 1 amide bonds. The van der Waals surface area contributed by atoms with Gasteiger partial charge in [0.2, 0.25) is 0 Å². The summed E-state index contributed by atoms with van der Waals surface area (Å²) < 4.78 is 13.7. The lowest BCUT2D eigenvalue weighted by atomic mass is 10.1. The lowest BCUT2D eigenvalue weighted by Crippen LogP contribution is -2.07. The molecule has 118 valence electrons. The highest BCUT2D eigenvalue weighted by Gasteiger charge is 2.19. The summed E-state index contributed by atoms with van der Waals surface area (Å²) in [4.78, 5) is 26.2. The van der Waals surface area contributed by atoms with E-state index in [0.29, 0.717) is 0 Å². The van der Waals surface area contributed by atoms with Crippen molar-refractivity contribution in [3.8, 4) is 0 Å². The predicted octanol–water partition coefficient (Wildman–Crippen LogP) is 5.37. The van der Waals surface area contributed by atoms with Gasteiger partial charge in [-0.2, -0.15) is 0 Å². The number of nitrogens with zero attached hydrogens (tertiary/aromatic N) is 3. The minimum Gasteiger partial charge on any atom is -0.287 e. The van der Waals surface area contributed by atoms with Crippen molar-refractivity contribution in [1.29, 1.82) is 0 Å². The summed E-state index contributed by atoms with van der Waals surface area (Å²) in [5.41, 5.74) is 7.84. The Morgan fingerprint density at radius 2 is 2.18 bits per heavy atom. The van der Waals surface area contributed by atoms with E-state index in [4.69, 9.17) is 17.1 Å². The van der Waals surface area contributed by atoms with Crippen molar-refractivity contribution in [3.05, 3.63) is 39.0 Å². The maximum Gasteiger partial charge on any atom is 0.252 e. The molecular formula is C14H15ClFN3O2S. The Balaban J connectivity index is 3.00. The van der Waals surface area contributed by atoms with Crippen molar-refractivity contribution in [2.45, 2.75) is 38.0 Å². The van der Waals surface area contributed by atoms with E-state index in [-0.39, 0.29) is 21.0 Å². The molecule has 0 spiro atoms. The zero-order valence-corrected chi connectivity index (χ0v) is 13.7. The SMILES string of the molecule is CCCCC(C)C(=O)Sc1cc(C(=O)N=[N+]=[N-])c(F)cc1Cl. The van der Waals surface area contributed by atoms with E-state index in [1.807, 2.05) is 13.8 Å². The van der Waals surface area contributed by atoms with Crippen LogP contribution in [0.4, 0.5) is 4.39 Å². The molecular weight excluding hydrogens is 329 g/mol. The van der Waals surface area contributed by atoms with Crippen molar-refractivity contribution in [1.82, 2.24) is 0 Å². The van der Waals surface area contributed by atoms with E-state index in [9.17, 15) is 14.0 Å². The molecule has 22 heavy (non-hydrogen) atoms. The van der Waals surface area contributed by atoms with Gasteiger partial charge in [-0.1, -0.05) is 50.1 Å². The van der Waals surface area contributed by atoms with Gasteiger partial charge in [0, 0.05) is 15.7 Å². The Morgan fingerprint density at radius 3 is 2.77 bits per heavy atom. The van der Waals surface area contributed by atoms with Gasteiger partial charge in [-0.05, 0) is 29.2 Å². The molecule has 1 aromatic rings. The Kier molecular flexibility index (Phi) is 7.38. The normalized spacial score (nSPS) is 11.6. The number of benzene rings is 1. The average Bonchev–Trinajstić information content (AvgIpc) is 2.47. The second-order valence-corrected chi connectivity index (χ2v) is 6.17. The first kappa shape index (κ1) is 18.5. The first-order chi connectivity index (χ1) is 10.4. The van der Waals surface area contributed by atoms with Crippen LogP contribution in [0.15, 0.2) is 22.1 Å². The number of thioether (sulfide) groups is 1. The summed E-state index contributed by atoms with van der Waals surface area (Å²) in [6.07, 6.45) is 2.68. The van der Waals surface area contributed by atoms with Crippen LogP contribution in [-0.4, -0.2) is 11.0 Å². The third-order valence-corrected chi connectivity index (χ3v) is 4.58. The fourth-order valence-corrected chi connectivity index (χ4v) is 2.84. The third-order valence-electron chi connectivity index (χ3n) is 2.99. The molecule has 5 nitrogen and oxygen atoms in total. The Morgan fingerprint density at radius 1 is 1.50 bits per heavy atom. The maximum atomic E-state index is 13.7. The van der Waals surface area contributed by atoms with Gasteiger partial charge in [-0.3, -0.25) is 9.59 Å². The van der Waals surface area contributed by atoms with Crippen molar-refractivity contribution < 1.29 is 14.0 Å². The number of hydrogen-bond donors (Lipinski definition) is 0. The highest BCUT2D eigenvalue weighted by Crippen LogP contribution is 2.33. The summed E-state index contributed by atoms with van der Waals surface area (Å²) in [6.45, 7) is 3.85. The molecule has 1 unspecified atom stereocenters. The van der Waals surface area contributed by atoms with E-state index in [1.165, 1.54) is 0 Å². The van der Waals surface area contributed by atoms with Crippen molar-refractivity contribution >= 4 is 34.4 Å². The minimum atomic E-state index is -1.05. The van der Waals surface area contributed by atoms with Crippen LogP contribution >= 0.6 is 23.4 Å². The van der Waals surface area contributed by atoms with Crippen LogP contribution in [0, 0.1) is 11.7 Å². The highest BCUT2D eigenvalue weighted by atomic mass is 35.5. The largest absolute Gasteiger partial charge is 0.287 e. The van der Waals surface area contributed by atoms with Crippen LogP contribution in [0.3, 0.4) is 0 Å². The molecule has 0 fully saturated rings. The van der Waals surface area contributed by atoms with Crippen LogP contribution in [0.5, 0.6) is 0 Å². The molecule has 0 aliphatic rings. The number of azide groups is 1. The smallest absolute Gasteiger partial charge is 0.252 e. The molecule has 0 aliphatic heterocycles. The van der Waals surface area contributed by atoms with Crippen molar-refractivity contribution in [3.63, 3.8) is 0 Å². The fraction of sp³-hybridized carbons (Fsp3) is 0.429. The quantitative estimate of drug-likeness (QED) is 0.301. The van der Waals surface area contributed by atoms with Crippen molar-refractivity contribution in [2.24, 2.45) is 11.0 Å². The van der Waals surface area contributed by atoms with E-state index in [1.54, 1.807) is 0 Å². The number of hydrogen-bond acceptors (Lipinski definition) is 3. The number of carbonyl (C=O) groups is 2. The van der Waals surface area contributed by atoms with Gasteiger partial charge in [0.1, 0.15) is 5.82 Å². The Labute approximate surface area is 136 Å². The molecule has 0 N–H and O–H groups in total. The number of carbonyl (C=O) groups excluding carboxylic acids is 2. The van der Waals surface area contributed by atoms with E-state index in [2.05, 4.69) is 10.0 Å². The number of unbranched alkanes of at least 4 members (excludes halogenated alkanes) is 1. The number of amides is 1. The van der Waals surface area contributed by atoms with Gasteiger partial charge in [0.15, 0.2) is 5.12 Å². The minimum absolute atomic E-state index is 0.0380. The lowest BCUT2D eigenvalue weighted by molar-refractivity contribution is -0.114. The summed E-state index contributed by atoms with van der Waals surface area (Å²) >= 11 is 6.77. The summed E-state index contributed by atoms with van der Waals surface area (Å²) in [5.74, 6) is -2.11. The zero-order valence-electron chi connectivity index (χ0n) is 12.2. The highest BCUT2D eigenvalue weighted by molar-refractivity contribution is 8.13. The molecule has 1 atom stereocenters.